The van der Waals surface area contributed by atoms with Crippen LogP contribution in [0.2, 0.25) is 0 Å². The molecule has 2 aliphatic rings. The Kier molecular flexibility index (Phi) is 4.34. The number of ether oxygens (including phenoxy) is 1. The van der Waals surface area contributed by atoms with Crippen molar-refractivity contribution in [3.63, 3.8) is 0 Å². The van der Waals surface area contributed by atoms with Crippen molar-refractivity contribution in [1.29, 1.82) is 0 Å². The van der Waals surface area contributed by atoms with E-state index in [0.29, 0.717) is 17.6 Å². The predicted molar refractivity (Wildman–Crippen MR) is 98.3 cm³/mol. The van der Waals surface area contributed by atoms with Gasteiger partial charge in [0.25, 0.3) is 5.91 Å². The highest BCUT2D eigenvalue weighted by Crippen LogP contribution is 2.40. The lowest BCUT2D eigenvalue weighted by Gasteiger charge is -2.31. The van der Waals surface area contributed by atoms with Gasteiger partial charge in [-0.25, -0.2) is 5.43 Å². The highest BCUT2D eigenvalue weighted by molar-refractivity contribution is 5.94. The normalized spacial score (nSPS) is 22.3. The third-order valence-corrected chi connectivity index (χ3v) is 4.82. The summed E-state index contributed by atoms with van der Waals surface area (Å²) in [7, 11) is 0. The molecule has 0 spiro atoms. The van der Waals surface area contributed by atoms with Gasteiger partial charge in [-0.15, -0.1) is 0 Å². The molecule has 4 rings (SSSR count). The molecule has 4 heteroatoms. The molecule has 1 amide bonds. The maximum absolute atomic E-state index is 11.9. The molecular formula is C21H20N2O2. The molecule has 0 radical (unpaired) electrons. The van der Waals surface area contributed by atoms with Crippen molar-refractivity contribution >= 4 is 11.6 Å². The second-order valence-corrected chi connectivity index (χ2v) is 6.46. The first kappa shape index (κ1) is 15.6. The SMILES string of the molecule is O=C(COc1ccc(-c2ccccc2)cc1)N/N=C1/C[C@H]2C=CC[C@H]12. The molecule has 126 valence electrons. The van der Waals surface area contributed by atoms with E-state index in [4.69, 9.17) is 4.74 Å². The smallest absolute Gasteiger partial charge is 0.277 e. The third kappa shape index (κ3) is 3.48. The average Bonchev–Trinajstić information content (AvgIpc) is 3.02. The number of carbonyl (C=O) groups excluding carboxylic acids is 1. The lowest BCUT2D eigenvalue weighted by atomic mass is 9.74. The highest BCUT2D eigenvalue weighted by atomic mass is 16.5. The molecule has 2 aromatic carbocycles. The Morgan fingerprint density at radius 1 is 1.08 bits per heavy atom. The quantitative estimate of drug-likeness (QED) is 0.669. The van der Waals surface area contributed by atoms with Gasteiger partial charge in [-0.1, -0.05) is 54.6 Å². The molecule has 0 aliphatic heterocycles. The summed E-state index contributed by atoms with van der Waals surface area (Å²) in [6, 6.07) is 17.9. The Labute approximate surface area is 147 Å². The molecule has 1 saturated carbocycles. The number of allylic oxidation sites excluding steroid dienone is 2. The highest BCUT2D eigenvalue weighted by Gasteiger charge is 2.37. The number of nitrogens with zero attached hydrogens (tertiary/aromatic N) is 1. The first-order valence-corrected chi connectivity index (χ1v) is 8.60. The van der Waals surface area contributed by atoms with Crippen molar-refractivity contribution in [2.45, 2.75) is 12.8 Å². The van der Waals surface area contributed by atoms with Crippen LogP contribution in [0, 0.1) is 11.8 Å². The maximum atomic E-state index is 11.9. The molecule has 1 N–H and O–H groups in total. The van der Waals surface area contributed by atoms with Crippen molar-refractivity contribution in [2.24, 2.45) is 16.9 Å². The molecule has 2 aliphatic carbocycles. The van der Waals surface area contributed by atoms with Crippen LogP contribution in [-0.2, 0) is 4.79 Å². The standard InChI is InChI=1S/C21H20N2O2/c24-21(23-22-20-13-17-7-4-8-19(17)20)14-25-18-11-9-16(10-12-18)15-5-2-1-3-6-15/h1-7,9-12,17,19H,8,13-14H2,(H,23,24)/b22-20-/t17-,19+/m1/s1. The van der Waals surface area contributed by atoms with Crippen molar-refractivity contribution in [1.82, 2.24) is 5.43 Å². The van der Waals surface area contributed by atoms with Crippen molar-refractivity contribution in [3.8, 4) is 16.9 Å². The Morgan fingerprint density at radius 2 is 1.84 bits per heavy atom. The molecule has 1 fully saturated rings. The van der Waals surface area contributed by atoms with Gasteiger partial charge in [0.15, 0.2) is 6.61 Å². The van der Waals surface area contributed by atoms with E-state index in [2.05, 4.69) is 34.8 Å². The van der Waals surface area contributed by atoms with Gasteiger partial charge >= 0.3 is 0 Å². The Balaban J connectivity index is 1.27. The molecule has 0 heterocycles. The minimum Gasteiger partial charge on any atom is -0.484 e. The molecule has 2 atom stereocenters. The van der Waals surface area contributed by atoms with E-state index in [9.17, 15) is 4.79 Å². The van der Waals surface area contributed by atoms with Gasteiger partial charge in [0.2, 0.25) is 0 Å². The number of hydrogen-bond acceptors (Lipinski definition) is 3. The summed E-state index contributed by atoms with van der Waals surface area (Å²) in [5, 5.41) is 4.24. The van der Waals surface area contributed by atoms with Crippen LogP contribution < -0.4 is 10.2 Å². The van der Waals surface area contributed by atoms with Gasteiger partial charge in [-0.3, -0.25) is 4.79 Å². The number of fused-ring (bicyclic) bond motifs is 1. The summed E-state index contributed by atoms with van der Waals surface area (Å²) in [5.74, 6) is 1.59. The molecule has 0 saturated heterocycles. The molecule has 25 heavy (non-hydrogen) atoms. The molecular weight excluding hydrogens is 312 g/mol. The number of amides is 1. The van der Waals surface area contributed by atoms with Gasteiger partial charge in [0.05, 0.1) is 0 Å². The van der Waals surface area contributed by atoms with Crippen LogP contribution >= 0.6 is 0 Å². The van der Waals surface area contributed by atoms with Crippen LogP contribution in [0.3, 0.4) is 0 Å². The van der Waals surface area contributed by atoms with Crippen LogP contribution in [0.25, 0.3) is 11.1 Å². The van der Waals surface area contributed by atoms with E-state index < -0.39 is 0 Å². The lowest BCUT2D eigenvalue weighted by molar-refractivity contribution is -0.123. The monoisotopic (exact) mass is 332 g/mol. The Hall–Kier alpha value is -2.88. The third-order valence-electron chi connectivity index (χ3n) is 4.82. The summed E-state index contributed by atoms with van der Waals surface area (Å²) in [6.45, 7) is -0.0339. The molecule has 0 unspecified atom stereocenters. The molecule has 4 nitrogen and oxygen atoms in total. The van der Waals surface area contributed by atoms with Crippen molar-refractivity contribution < 1.29 is 9.53 Å². The largest absolute Gasteiger partial charge is 0.484 e. The summed E-state index contributed by atoms with van der Waals surface area (Å²) >= 11 is 0. The molecule has 0 bridgehead atoms. The minimum absolute atomic E-state index is 0.0339. The van der Waals surface area contributed by atoms with Gasteiger partial charge in [-0.2, -0.15) is 5.10 Å². The predicted octanol–water partition coefficient (Wildman–Crippen LogP) is 3.80. The van der Waals surface area contributed by atoms with Crippen LogP contribution in [0.1, 0.15) is 12.8 Å². The number of nitrogens with one attached hydrogen (secondary N) is 1. The summed E-state index contributed by atoms with van der Waals surface area (Å²) in [4.78, 5) is 11.9. The van der Waals surface area contributed by atoms with E-state index in [0.717, 1.165) is 29.7 Å². The minimum atomic E-state index is -0.228. The molecule has 2 aromatic rings. The zero-order chi connectivity index (χ0) is 17.1. The van der Waals surface area contributed by atoms with Gasteiger partial charge < -0.3 is 4.74 Å². The summed E-state index contributed by atoms with van der Waals surface area (Å²) in [5.41, 5.74) is 5.97. The average molecular weight is 332 g/mol. The fourth-order valence-corrected chi connectivity index (χ4v) is 3.35. The van der Waals surface area contributed by atoms with Gasteiger partial charge in [0.1, 0.15) is 5.75 Å². The summed E-state index contributed by atoms with van der Waals surface area (Å²) in [6.07, 6.45) is 6.45. The van der Waals surface area contributed by atoms with Crippen LogP contribution in [0.15, 0.2) is 71.9 Å². The fraction of sp³-hybridized carbons (Fsp3) is 0.238. The van der Waals surface area contributed by atoms with Gasteiger partial charge in [0, 0.05) is 11.6 Å². The lowest BCUT2D eigenvalue weighted by Crippen LogP contribution is -2.36. The van der Waals surface area contributed by atoms with E-state index >= 15 is 0 Å². The Bertz CT molecular complexity index is 810. The zero-order valence-corrected chi connectivity index (χ0v) is 13.9. The topological polar surface area (TPSA) is 50.7 Å². The maximum Gasteiger partial charge on any atom is 0.277 e. The van der Waals surface area contributed by atoms with Crippen LogP contribution in [0.5, 0.6) is 5.75 Å². The Morgan fingerprint density at radius 3 is 2.60 bits per heavy atom. The first-order valence-electron chi connectivity index (χ1n) is 8.60. The van der Waals surface area contributed by atoms with Gasteiger partial charge in [-0.05, 0) is 42.0 Å². The number of carbonyl (C=O) groups is 1. The van der Waals surface area contributed by atoms with Crippen LogP contribution in [-0.4, -0.2) is 18.2 Å². The van der Waals surface area contributed by atoms with Crippen molar-refractivity contribution in [2.75, 3.05) is 6.61 Å². The van der Waals surface area contributed by atoms with E-state index in [-0.39, 0.29) is 12.5 Å². The number of benzene rings is 2. The fourth-order valence-electron chi connectivity index (χ4n) is 3.35. The number of hydrogen-bond donors (Lipinski definition) is 1. The zero-order valence-electron chi connectivity index (χ0n) is 13.9. The van der Waals surface area contributed by atoms with Crippen LogP contribution in [0.4, 0.5) is 0 Å². The number of hydrazone groups is 1. The second kappa shape index (κ2) is 6.93. The van der Waals surface area contributed by atoms with Crippen molar-refractivity contribution in [3.05, 3.63) is 66.7 Å². The first-order chi connectivity index (χ1) is 12.3. The number of rotatable bonds is 5. The van der Waals surface area contributed by atoms with E-state index in [1.165, 1.54) is 0 Å². The summed E-state index contributed by atoms with van der Waals surface area (Å²) < 4.78 is 5.54. The molecule has 0 aromatic heterocycles. The second-order valence-electron chi connectivity index (χ2n) is 6.46. The van der Waals surface area contributed by atoms with E-state index in [1.807, 2.05) is 42.5 Å². The van der Waals surface area contributed by atoms with E-state index in [1.54, 1.807) is 0 Å².